The smallest absolute Gasteiger partial charge is 0.261 e. The van der Waals surface area contributed by atoms with E-state index in [1.165, 1.54) is 11.3 Å². The molecule has 0 unspecified atom stereocenters. The number of carbonyl (C=O) groups excluding carboxylic acids is 1. The van der Waals surface area contributed by atoms with Gasteiger partial charge in [0, 0.05) is 13.1 Å². The first-order valence-corrected chi connectivity index (χ1v) is 7.09. The van der Waals surface area contributed by atoms with E-state index in [0.717, 1.165) is 15.2 Å². The van der Waals surface area contributed by atoms with Crippen molar-refractivity contribution in [2.75, 3.05) is 27.2 Å². The van der Waals surface area contributed by atoms with Gasteiger partial charge in [0.15, 0.2) is 0 Å². The summed E-state index contributed by atoms with van der Waals surface area (Å²) in [5.41, 5.74) is 0.0770. The second kappa shape index (κ2) is 5.98. The van der Waals surface area contributed by atoms with Crippen molar-refractivity contribution in [1.29, 1.82) is 0 Å². The second-order valence-electron chi connectivity index (χ2n) is 5.19. The Morgan fingerprint density at radius 2 is 2.12 bits per heavy atom. The molecule has 1 aromatic heterocycles. The van der Waals surface area contributed by atoms with E-state index in [4.69, 9.17) is 0 Å². The first kappa shape index (κ1) is 14.7. The van der Waals surface area contributed by atoms with Crippen LogP contribution in [0.15, 0.2) is 15.9 Å². The SMILES string of the molecule is CN(C)CC(C)(C)CNC(=O)c1ccc(Br)s1. The Kier molecular flexibility index (Phi) is 5.16. The van der Waals surface area contributed by atoms with Crippen molar-refractivity contribution < 1.29 is 4.79 Å². The van der Waals surface area contributed by atoms with Crippen LogP contribution < -0.4 is 5.32 Å². The van der Waals surface area contributed by atoms with Crippen molar-refractivity contribution in [3.63, 3.8) is 0 Å². The number of hydrogen-bond acceptors (Lipinski definition) is 3. The molecule has 1 aromatic rings. The molecule has 0 aliphatic rings. The van der Waals surface area contributed by atoms with Gasteiger partial charge in [0.25, 0.3) is 5.91 Å². The highest BCUT2D eigenvalue weighted by atomic mass is 79.9. The summed E-state index contributed by atoms with van der Waals surface area (Å²) >= 11 is 4.81. The number of nitrogens with zero attached hydrogens (tertiary/aromatic N) is 1. The maximum Gasteiger partial charge on any atom is 0.261 e. The third-order valence-electron chi connectivity index (χ3n) is 2.27. The van der Waals surface area contributed by atoms with Crippen LogP contribution in [-0.4, -0.2) is 38.0 Å². The summed E-state index contributed by atoms with van der Waals surface area (Å²) in [4.78, 5) is 14.7. The monoisotopic (exact) mass is 318 g/mol. The van der Waals surface area contributed by atoms with Crippen LogP contribution in [0.3, 0.4) is 0 Å². The fourth-order valence-electron chi connectivity index (χ4n) is 1.75. The Morgan fingerprint density at radius 3 is 2.59 bits per heavy atom. The molecule has 96 valence electrons. The zero-order valence-corrected chi connectivity index (χ0v) is 13.1. The molecule has 0 saturated heterocycles. The summed E-state index contributed by atoms with van der Waals surface area (Å²) in [6, 6.07) is 3.73. The summed E-state index contributed by atoms with van der Waals surface area (Å²) in [7, 11) is 4.08. The first-order chi connectivity index (χ1) is 7.80. The quantitative estimate of drug-likeness (QED) is 0.905. The van der Waals surface area contributed by atoms with Crippen molar-refractivity contribution in [1.82, 2.24) is 10.2 Å². The minimum Gasteiger partial charge on any atom is -0.351 e. The van der Waals surface area contributed by atoms with Crippen LogP contribution in [0.25, 0.3) is 0 Å². The molecule has 1 heterocycles. The van der Waals surface area contributed by atoms with Gasteiger partial charge in [0.05, 0.1) is 8.66 Å². The number of nitrogens with one attached hydrogen (secondary N) is 1. The molecular weight excluding hydrogens is 300 g/mol. The predicted octanol–water partition coefficient (Wildman–Crippen LogP) is 2.83. The lowest BCUT2D eigenvalue weighted by Gasteiger charge is -2.28. The first-order valence-electron chi connectivity index (χ1n) is 5.48. The molecule has 0 spiro atoms. The Morgan fingerprint density at radius 1 is 1.47 bits per heavy atom. The van der Waals surface area contributed by atoms with Crippen LogP contribution in [0.5, 0.6) is 0 Å². The van der Waals surface area contributed by atoms with E-state index >= 15 is 0 Å². The lowest BCUT2D eigenvalue weighted by Crippen LogP contribution is -2.39. The molecule has 0 aromatic carbocycles. The molecule has 0 aliphatic heterocycles. The van der Waals surface area contributed by atoms with E-state index in [-0.39, 0.29) is 11.3 Å². The Balaban J connectivity index is 2.48. The number of rotatable bonds is 5. The zero-order valence-electron chi connectivity index (χ0n) is 10.7. The Hall–Kier alpha value is -0.390. The number of hydrogen-bond donors (Lipinski definition) is 1. The van der Waals surface area contributed by atoms with Gasteiger partial charge in [-0.05, 0) is 47.6 Å². The van der Waals surface area contributed by atoms with E-state index in [2.05, 4.69) is 40.0 Å². The molecule has 0 fully saturated rings. The number of thiophene rings is 1. The zero-order chi connectivity index (χ0) is 13.1. The fraction of sp³-hybridized carbons (Fsp3) is 0.583. The molecular formula is C12H19BrN2OS. The molecule has 0 radical (unpaired) electrons. The maximum atomic E-state index is 11.9. The molecule has 17 heavy (non-hydrogen) atoms. The molecule has 1 N–H and O–H groups in total. The topological polar surface area (TPSA) is 32.3 Å². The average Bonchev–Trinajstić information content (AvgIpc) is 2.59. The van der Waals surface area contributed by atoms with Gasteiger partial charge in [0.1, 0.15) is 0 Å². The predicted molar refractivity (Wildman–Crippen MR) is 76.7 cm³/mol. The highest BCUT2D eigenvalue weighted by molar-refractivity contribution is 9.11. The van der Waals surface area contributed by atoms with Crippen molar-refractivity contribution in [3.8, 4) is 0 Å². The van der Waals surface area contributed by atoms with Gasteiger partial charge in [-0.1, -0.05) is 13.8 Å². The molecule has 5 heteroatoms. The minimum atomic E-state index is 0.00697. The highest BCUT2D eigenvalue weighted by Crippen LogP contribution is 2.22. The van der Waals surface area contributed by atoms with Crippen molar-refractivity contribution >= 4 is 33.2 Å². The third-order valence-corrected chi connectivity index (χ3v) is 3.89. The molecule has 0 aliphatic carbocycles. The summed E-state index contributed by atoms with van der Waals surface area (Å²) < 4.78 is 0.982. The Labute approximate surface area is 115 Å². The van der Waals surface area contributed by atoms with Crippen LogP contribution in [0, 0.1) is 5.41 Å². The molecule has 0 saturated carbocycles. The van der Waals surface area contributed by atoms with Crippen molar-refractivity contribution in [2.24, 2.45) is 5.41 Å². The molecule has 3 nitrogen and oxygen atoms in total. The van der Waals surface area contributed by atoms with Gasteiger partial charge in [-0.15, -0.1) is 11.3 Å². The average molecular weight is 319 g/mol. The second-order valence-corrected chi connectivity index (χ2v) is 7.65. The maximum absolute atomic E-state index is 11.9. The van der Waals surface area contributed by atoms with E-state index in [9.17, 15) is 4.79 Å². The van der Waals surface area contributed by atoms with E-state index in [1.807, 2.05) is 26.2 Å². The minimum absolute atomic E-state index is 0.00697. The summed E-state index contributed by atoms with van der Waals surface area (Å²) in [6.45, 7) is 5.93. The largest absolute Gasteiger partial charge is 0.351 e. The van der Waals surface area contributed by atoms with Crippen LogP contribution in [-0.2, 0) is 0 Å². The van der Waals surface area contributed by atoms with Gasteiger partial charge in [0.2, 0.25) is 0 Å². The molecule has 1 amide bonds. The van der Waals surface area contributed by atoms with E-state index in [0.29, 0.717) is 6.54 Å². The lowest BCUT2D eigenvalue weighted by molar-refractivity contribution is 0.0933. The number of carbonyl (C=O) groups is 1. The number of amides is 1. The van der Waals surface area contributed by atoms with Gasteiger partial charge in [-0.25, -0.2) is 0 Å². The molecule has 1 rings (SSSR count). The molecule has 0 bridgehead atoms. The normalized spacial score (nSPS) is 11.9. The van der Waals surface area contributed by atoms with Gasteiger partial charge in [-0.2, -0.15) is 0 Å². The third kappa shape index (κ3) is 5.19. The van der Waals surface area contributed by atoms with Crippen LogP contribution in [0.2, 0.25) is 0 Å². The standard InChI is InChI=1S/C12H19BrN2OS/c1-12(2,8-15(3)4)7-14-11(16)9-5-6-10(13)17-9/h5-6H,7-8H2,1-4H3,(H,14,16). The van der Waals surface area contributed by atoms with Crippen molar-refractivity contribution in [2.45, 2.75) is 13.8 Å². The van der Waals surface area contributed by atoms with Gasteiger partial charge < -0.3 is 10.2 Å². The van der Waals surface area contributed by atoms with Gasteiger partial charge in [-0.3, -0.25) is 4.79 Å². The summed E-state index contributed by atoms with van der Waals surface area (Å²) in [5.74, 6) is 0.00697. The summed E-state index contributed by atoms with van der Waals surface area (Å²) in [5, 5.41) is 2.98. The van der Waals surface area contributed by atoms with Gasteiger partial charge >= 0.3 is 0 Å². The van der Waals surface area contributed by atoms with Crippen LogP contribution >= 0.6 is 27.3 Å². The van der Waals surface area contributed by atoms with Crippen molar-refractivity contribution in [3.05, 3.63) is 20.8 Å². The Bertz CT molecular complexity index is 388. The van der Waals surface area contributed by atoms with E-state index in [1.54, 1.807) is 0 Å². The summed E-state index contributed by atoms with van der Waals surface area (Å²) in [6.07, 6.45) is 0. The van der Waals surface area contributed by atoms with E-state index < -0.39 is 0 Å². The number of halogens is 1. The van der Waals surface area contributed by atoms with Crippen LogP contribution in [0.4, 0.5) is 0 Å². The fourth-order valence-corrected chi connectivity index (χ4v) is 3.06. The molecule has 0 atom stereocenters. The lowest BCUT2D eigenvalue weighted by atomic mass is 9.93. The van der Waals surface area contributed by atoms with Crippen LogP contribution in [0.1, 0.15) is 23.5 Å². The highest BCUT2D eigenvalue weighted by Gasteiger charge is 2.20.